The van der Waals surface area contributed by atoms with E-state index >= 15 is 0 Å². The highest BCUT2D eigenvalue weighted by molar-refractivity contribution is 7.86. The van der Waals surface area contributed by atoms with Crippen LogP contribution in [0.3, 0.4) is 0 Å². The van der Waals surface area contributed by atoms with Crippen molar-refractivity contribution >= 4 is 20.9 Å². The van der Waals surface area contributed by atoms with E-state index in [1.54, 1.807) is 37.3 Å². The highest BCUT2D eigenvalue weighted by Gasteiger charge is 2.21. The Morgan fingerprint density at radius 1 is 1.12 bits per heavy atom. The van der Waals surface area contributed by atoms with E-state index in [4.69, 9.17) is 4.74 Å². The molecule has 2 aromatic rings. The quantitative estimate of drug-likeness (QED) is 0.841. The molecule has 0 aliphatic heterocycles. The number of rotatable bonds is 3. The SMILES string of the molecule is CCOc1ccc2ccccc2c1S([O])(=O)=O. The number of ether oxygens (including phenoxy) is 1. The van der Waals surface area contributed by atoms with Gasteiger partial charge in [-0.25, -0.2) is 0 Å². The Kier molecular flexibility index (Phi) is 3.04. The summed E-state index contributed by atoms with van der Waals surface area (Å²) in [5.74, 6) is 0.112. The summed E-state index contributed by atoms with van der Waals surface area (Å²) in [6.45, 7) is 2.04. The van der Waals surface area contributed by atoms with Crippen molar-refractivity contribution in [1.82, 2.24) is 0 Å². The Bertz CT molecular complexity index is 647. The van der Waals surface area contributed by atoms with Gasteiger partial charge in [0.15, 0.2) is 0 Å². The van der Waals surface area contributed by atoms with Gasteiger partial charge in [0.05, 0.1) is 6.61 Å². The maximum absolute atomic E-state index is 11.3. The largest absolute Gasteiger partial charge is 0.492 e. The number of hydrogen-bond donors (Lipinski definition) is 0. The van der Waals surface area contributed by atoms with Gasteiger partial charge in [-0.2, -0.15) is 8.42 Å². The van der Waals surface area contributed by atoms with Gasteiger partial charge in [-0.15, -0.1) is 0 Å². The van der Waals surface area contributed by atoms with Gasteiger partial charge >= 0.3 is 10.1 Å². The normalized spacial score (nSPS) is 11.6. The van der Waals surface area contributed by atoms with E-state index in [-0.39, 0.29) is 10.6 Å². The summed E-state index contributed by atoms with van der Waals surface area (Å²) in [4.78, 5) is -0.280. The maximum Gasteiger partial charge on any atom is 0.328 e. The molecule has 2 rings (SSSR count). The fourth-order valence-electron chi connectivity index (χ4n) is 1.75. The standard InChI is InChI=1S/C12H11O4S/c1-2-16-11-8-7-9-5-3-4-6-10(9)12(11)17(13,14)15/h3-8H,2H2,1H3. The van der Waals surface area contributed by atoms with Crippen molar-refractivity contribution in [2.24, 2.45) is 0 Å². The van der Waals surface area contributed by atoms with Crippen LogP contribution in [0.2, 0.25) is 0 Å². The topological polar surface area (TPSA) is 63.3 Å². The molecule has 0 aromatic heterocycles. The summed E-state index contributed by atoms with van der Waals surface area (Å²) < 4.78 is 39.1. The van der Waals surface area contributed by atoms with Crippen LogP contribution in [0.4, 0.5) is 0 Å². The smallest absolute Gasteiger partial charge is 0.328 e. The fraction of sp³-hybridized carbons (Fsp3) is 0.167. The molecule has 5 heteroatoms. The van der Waals surface area contributed by atoms with Crippen molar-refractivity contribution < 1.29 is 17.7 Å². The van der Waals surface area contributed by atoms with Crippen LogP contribution in [0.25, 0.3) is 10.8 Å². The lowest BCUT2D eigenvalue weighted by Crippen LogP contribution is -2.03. The van der Waals surface area contributed by atoms with Crippen molar-refractivity contribution in [2.45, 2.75) is 11.8 Å². The van der Waals surface area contributed by atoms with Crippen molar-refractivity contribution in [3.05, 3.63) is 36.4 Å². The Hall–Kier alpha value is -1.59. The van der Waals surface area contributed by atoms with E-state index in [2.05, 4.69) is 0 Å². The molecular formula is C12H11O4S. The van der Waals surface area contributed by atoms with E-state index in [9.17, 15) is 13.0 Å². The predicted octanol–water partition coefficient (Wildman–Crippen LogP) is 2.36. The van der Waals surface area contributed by atoms with Crippen molar-refractivity contribution in [2.75, 3.05) is 6.61 Å². The average molecular weight is 251 g/mol. The molecule has 0 heterocycles. The number of fused-ring (bicyclic) bond motifs is 1. The highest BCUT2D eigenvalue weighted by atomic mass is 32.2. The molecule has 0 aliphatic carbocycles. The second kappa shape index (κ2) is 4.35. The molecule has 2 aromatic carbocycles. The minimum atomic E-state index is -4.56. The molecule has 89 valence electrons. The second-order valence-corrected chi connectivity index (χ2v) is 4.82. The Morgan fingerprint density at radius 2 is 1.82 bits per heavy atom. The van der Waals surface area contributed by atoms with Crippen LogP contribution in [-0.4, -0.2) is 15.0 Å². The molecule has 0 unspecified atom stereocenters. The first-order valence-electron chi connectivity index (χ1n) is 5.14. The minimum Gasteiger partial charge on any atom is -0.492 e. The van der Waals surface area contributed by atoms with Gasteiger partial charge < -0.3 is 4.74 Å². The van der Waals surface area contributed by atoms with Crippen LogP contribution in [0.15, 0.2) is 41.3 Å². The third kappa shape index (κ3) is 2.25. The molecule has 0 N–H and O–H groups in total. The molecule has 0 amide bonds. The summed E-state index contributed by atoms with van der Waals surface area (Å²) >= 11 is 0. The summed E-state index contributed by atoms with van der Waals surface area (Å²) in [7, 11) is -4.56. The number of hydrogen-bond acceptors (Lipinski definition) is 3. The second-order valence-electron chi connectivity index (χ2n) is 3.50. The van der Waals surface area contributed by atoms with Crippen LogP contribution in [-0.2, 0) is 14.7 Å². The summed E-state index contributed by atoms with van der Waals surface area (Å²) in [6, 6.07) is 10.1. The highest BCUT2D eigenvalue weighted by Crippen LogP contribution is 2.32. The van der Waals surface area contributed by atoms with E-state index in [0.29, 0.717) is 17.4 Å². The molecule has 0 bridgehead atoms. The van der Waals surface area contributed by atoms with Gasteiger partial charge in [-0.05, 0) is 18.4 Å². The van der Waals surface area contributed by atoms with E-state index < -0.39 is 10.1 Å². The first kappa shape index (κ1) is 11.9. The van der Waals surface area contributed by atoms with Gasteiger partial charge in [0, 0.05) is 5.39 Å². The van der Waals surface area contributed by atoms with Gasteiger partial charge in [-0.3, -0.25) is 0 Å². The molecule has 0 saturated heterocycles. The third-order valence-corrected chi connectivity index (χ3v) is 3.31. The zero-order valence-electron chi connectivity index (χ0n) is 9.21. The van der Waals surface area contributed by atoms with Crippen molar-refractivity contribution in [1.29, 1.82) is 0 Å². The Balaban J connectivity index is 2.85. The maximum atomic E-state index is 11.3. The first-order valence-corrected chi connectivity index (χ1v) is 6.55. The van der Waals surface area contributed by atoms with E-state index in [1.165, 1.54) is 6.07 Å². The molecule has 0 spiro atoms. The van der Waals surface area contributed by atoms with Crippen LogP contribution in [0, 0.1) is 0 Å². The summed E-state index contributed by atoms with van der Waals surface area (Å²) in [5, 5.41) is 1.10. The molecule has 0 fully saturated rings. The van der Waals surface area contributed by atoms with Gasteiger partial charge in [-0.1, -0.05) is 34.9 Å². The van der Waals surface area contributed by atoms with Crippen LogP contribution in [0.5, 0.6) is 5.75 Å². The van der Waals surface area contributed by atoms with Gasteiger partial charge in [0.1, 0.15) is 10.6 Å². The lowest BCUT2D eigenvalue weighted by atomic mass is 10.1. The van der Waals surface area contributed by atoms with E-state index in [1.807, 2.05) is 0 Å². The van der Waals surface area contributed by atoms with Crippen molar-refractivity contribution in [3.63, 3.8) is 0 Å². The average Bonchev–Trinajstić information content (AvgIpc) is 2.27. The lowest BCUT2D eigenvalue weighted by Gasteiger charge is -2.09. The number of benzene rings is 2. The monoisotopic (exact) mass is 251 g/mol. The summed E-state index contributed by atoms with van der Waals surface area (Å²) in [5.41, 5.74) is 0. The van der Waals surface area contributed by atoms with Crippen LogP contribution < -0.4 is 4.74 Å². The first-order chi connectivity index (χ1) is 8.04. The predicted molar refractivity (Wildman–Crippen MR) is 63.0 cm³/mol. The zero-order chi connectivity index (χ0) is 12.5. The third-order valence-electron chi connectivity index (χ3n) is 2.39. The summed E-state index contributed by atoms with van der Waals surface area (Å²) in [6.07, 6.45) is 0. The Morgan fingerprint density at radius 3 is 2.47 bits per heavy atom. The lowest BCUT2D eigenvalue weighted by molar-refractivity contribution is 0.328. The fourth-order valence-corrected chi connectivity index (χ4v) is 2.58. The molecule has 1 radical (unpaired) electrons. The van der Waals surface area contributed by atoms with Crippen LogP contribution in [0.1, 0.15) is 6.92 Å². The Labute approximate surface area is 99.6 Å². The van der Waals surface area contributed by atoms with Gasteiger partial charge in [0.2, 0.25) is 0 Å². The molecule has 0 saturated carbocycles. The molecule has 0 atom stereocenters. The molecule has 0 aliphatic rings. The molecule has 4 nitrogen and oxygen atoms in total. The van der Waals surface area contributed by atoms with Crippen LogP contribution >= 0.6 is 0 Å². The minimum absolute atomic E-state index is 0.112. The van der Waals surface area contributed by atoms with Gasteiger partial charge in [0.25, 0.3) is 0 Å². The zero-order valence-corrected chi connectivity index (χ0v) is 10.0. The molecular weight excluding hydrogens is 240 g/mol. The van der Waals surface area contributed by atoms with Crippen molar-refractivity contribution in [3.8, 4) is 5.75 Å². The van der Waals surface area contributed by atoms with E-state index in [0.717, 1.165) is 0 Å². The molecule has 17 heavy (non-hydrogen) atoms.